The minimum absolute atomic E-state index is 0.228. The Hall–Kier alpha value is -4.52. The largest absolute Gasteiger partial charge is 0.399 e. The van der Waals surface area contributed by atoms with Crippen LogP contribution in [0.3, 0.4) is 0 Å². The van der Waals surface area contributed by atoms with Crippen molar-refractivity contribution in [1.82, 2.24) is 9.88 Å². The van der Waals surface area contributed by atoms with Gasteiger partial charge in [0.2, 0.25) is 5.91 Å². The predicted octanol–water partition coefficient (Wildman–Crippen LogP) is 4.76. The number of amides is 2. The molecule has 3 aromatic carbocycles. The van der Waals surface area contributed by atoms with Crippen molar-refractivity contribution in [2.45, 2.75) is 12.5 Å². The van der Waals surface area contributed by atoms with E-state index in [1.807, 2.05) is 66.7 Å². The van der Waals surface area contributed by atoms with E-state index in [1.165, 1.54) is 7.11 Å². The highest BCUT2D eigenvalue weighted by Crippen LogP contribution is 2.24. The van der Waals surface area contributed by atoms with Gasteiger partial charge in [0.15, 0.2) is 0 Å². The minimum atomic E-state index is -0.699. The lowest BCUT2D eigenvalue weighted by Gasteiger charge is -2.23. The summed E-state index contributed by atoms with van der Waals surface area (Å²) in [5.41, 5.74) is 4.74. The van der Waals surface area contributed by atoms with Gasteiger partial charge in [-0.1, -0.05) is 53.7 Å². The van der Waals surface area contributed by atoms with Crippen LogP contribution in [0.2, 0.25) is 0 Å². The van der Waals surface area contributed by atoms with Crippen LogP contribution in [0.5, 0.6) is 0 Å². The minimum Gasteiger partial charge on any atom is -0.399 e. The number of benzene rings is 3. The Kier molecular flexibility index (Phi) is 6.22. The summed E-state index contributed by atoms with van der Waals surface area (Å²) in [6.45, 7) is 0.229. The van der Waals surface area contributed by atoms with Crippen molar-refractivity contribution < 1.29 is 14.4 Å². The molecular weight excluding hydrogens is 440 g/mol. The van der Waals surface area contributed by atoms with Crippen LogP contribution >= 0.6 is 0 Å². The maximum Gasteiger partial charge on any atom is 0.254 e. The number of pyridine rings is 1. The Morgan fingerprint density at radius 2 is 1.74 bits per heavy atom. The monoisotopic (exact) mass is 464 g/mol. The molecule has 1 aliphatic rings. The third kappa shape index (κ3) is 4.75. The van der Waals surface area contributed by atoms with Gasteiger partial charge in [0.25, 0.3) is 5.91 Å². The van der Waals surface area contributed by atoms with Gasteiger partial charge in [-0.15, -0.1) is 0 Å². The van der Waals surface area contributed by atoms with Crippen LogP contribution in [0, 0.1) is 0 Å². The number of fused-ring (bicyclic) bond motifs is 1. The lowest BCUT2D eigenvalue weighted by atomic mass is 10.0. The number of carbonyl (C=O) groups is 2. The highest BCUT2D eigenvalue weighted by molar-refractivity contribution is 6.08. The number of likely N-dealkylation sites (tertiary alicyclic amines) is 1. The van der Waals surface area contributed by atoms with Crippen LogP contribution < -0.4 is 5.32 Å². The third-order valence-corrected chi connectivity index (χ3v) is 6.05. The van der Waals surface area contributed by atoms with Crippen molar-refractivity contribution in [3.05, 3.63) is 96.7 Å². The average molecular weight is 465 g/mol. The van der Waals surface area contributed by atoms with Crippen LogP contribution in [0.4, 0.5) is 5.69 Å². The number of oxime groups is 1. The fraction of sp³-hybridized carbons (Fsp3) is 0.143. The zero-order valence-corrected chi connectivity index (χ0v) is 19.2. The summed E-state index contributed by atoms with van der Waals surface area (Å²) < 4.78 is 0. The molecular formula is C28H24N4O3. The number of aromatic nitrogens is 1. The SMILES string of the molecule is CON=C1CC(C(=O)Nc2ccc3ncccc3c2)N(C(=O)c2ccc(-c3ccccc3)cc2)C1. The van der Waals surface area contributed by atoms with Gasteiger partial charge in [-0.25, -0.2) is 0 Å². The Bertz CT molecular complexity index is 1400. The number of hydrogen-bond donors (Lipinski definition) is 1. The predicted molar refractivity (Wildman–Crippen MR) is 136 cm³/mol. The molecule has 1 fully saturated rings. The van der Waals surface area contributed by atoms with E-state index < -0.39 is 6.04 Å². The Morgan fingerprint density at radius 1 is 0.971 bits per heavy atom. The zero-order valence-electron chi connectivity index (χ0n) is 19.2. The molecule has 0 bridgehead atoms. The lowest BCUT2D eigenvalue weighted by Crippen LogP contribution is -2.43. The summed E-state index contributed by atoms with van der Waals surface area (Å²) in [5.74, 6) is -0.502. The van der Waals surface area contributed by atoms with E-state index in [9.17, 15) is 9.59 Å². The van der Waals surface area contributed by atoms with Crippen molar-refractivity contribution in [1.29, 1.82) is 0 Å². The molecule has 5 rings (SSSR count). The van der Waals surface area contributed by atoms with Gasteiger partial charge in [0, 0.05) is 29.3 Å². The van der Waals surface area contributed by atoms with Gasteiger partial charge in [-0.2, -0.15) is 0 Å². The van der Waals surface area contributed by atoms with Crippen molar-refractivity contribution in [2.75, 3.05) is 19.0 Å². The van der Waals surface area contributed by atoms with Gasteiger partial charge >= 0.3 is 0 Å². The summed E-state index contributed by atoms with van der Waals surface area (Å²) >= 11 is 0. The number of rotatable bonds is 5. The van der Waals surface area contributed by atoms with Crippen LogP contribution in [0.25, 0.3) is 22.0 Å². The third-order valence-electron chi connectivity index (χ3n) is 6.05. The van der Waals surface area contributed by atoms with Crippen molar-refractivity contribution in [3.63, 3.8) is 0 Å². The topological polar surface area (TPSA) is 83.9 Å². The molecule has 174 valence electrons. The lowest BCUT2D eigenvalue weighted by molar-refractivity contribution is -0.119. The highest BCUT2D eigenvalue weighted by Gasteiger charge is 2.38. The summed E-state index contributed by atoms with van der Waals surface area (Å²) in [7, 11) is 1.46. The standard InChI is InChI=1S/C28H24N4O3/c1-35-31-24-17-26(27(33)30-23-13-14-25-22(16-23)8-5-15-29-25)32(18-24)28(34)21-11-9-20(10-12-21)19-6-3-2-4-7-19/h2-16,26H,17-18H2,1H3,(H,30,33). The van der Waals surface area contributed by atoms with Gasteiger partial charge in [0.05, 0.1) is 17.8 Å². The van der Waals surface area contributed by atoms with Gasteiger partial charge < -0.3 is 15.1 Å². The molecule has 1 aliphatic heterocycles. The van der Waals surface area contributed by atoms with E-state index in [-0.39, 0.29) is 18.4 Å². The molecule has 7 nitrogen and oxygen atoms in total. The van der Waals surface area contributed by atoms with E-state index in [1.54, 1.807) is 29.3 Å². The first kappa shape index (κ1) is 22.3. The molecule has 0 spiro atoms. The number of nitrogens with zero attached hydrogens (tertiary/aromatic N) is 3. The van der Waals surface area contributed by atoms with E-state index in [4.69, 9.17) is 4.84 Å². The summed E-state index contributed by atoms with van der Waals surface area (Å²) in [4.78, 5) is 37.5. The molecule has 1 N–H and O–H groups in total. The number of carbonyl (C=O) groups excluding carboxylic acids is 2. The van der Waals surface area contributed by atoms with Gasteiger partial charge in [-0.3, -0.25) is 14.6 Å². The maximum atomic E-state index is 13.4. The maximum absolute atomic E-state index is 13.4. The molecule has 2 heterocycles. The Morgan fingerprint density at radius 3 is 2.51 bits per heavy atom. The van der Waals surface area contributed by atoms with Gasteiger partial charge in [0.1, 0.15) is 13.2 Å². The molecule has 0 radical (unpaired) electrons. The first-order valence-corrected chi connectivity index (χ1v) is 11.3. The van der Waals surface area contributed by atoms with Crippen molar-refractivity contribution >= 4 is 34.1 Å². The van der Waals surface area contributed by atoms with Crippen LogP contribution in [-0.4, -0.2) is 47.1 Å². The molecule has 7 heteroatoms. The highest BCUT2D eigenvalue weighted by atomic mass is 16.6. The van der Waals surface area contributed by atoms with Crippen LogP contribution in [-0.2, 0) is 9.63 Å². The van der Waals surface area contributed by atoms with Crippen LogP contribution in [0.1, 0.15) is 16.8 Å². The first-order valence-electron chi connectivity index (χ1n) is 11.3. The fourth-order valence-electron chi connectivity index (χ4n) is 4.33. The molecule has 2 amide bonds. The Labute approximate surface area is 203 Å². The molecule has 4 aromatic rings. The first-order chi connectivity index (χ1) is 17.1. The molecule has 1 saturated heterocycles. The van der Waals surface area contributed by atoms with Gasteiger partial charge in [-0.05, 0) is 47.5 Å². The van der Waals surface area contributed by atoms with Crippen LogP contribution in [0.15, 0.2) is 96.3 Å². The molecule has 35 heavy (non-hydrogen) atoms. The van der Waals surface area contributed by atoms with E-state index in [2.05, 4.69) is 15.5 Å². The Balaban J connectivity index is 1.37. The van der Waals surface area contributed by atoms with E-state index in [0.717, 1.165) is 22.0 Å². The van der Waals surface area contributed by atoms with E-state index >= 15 is 0 Å². The summed E-state index contributed by atoms with van der Waals surface area (Å²) in [5, 5.41) is 7.89. The number of nitrogens with one attached hydrogen (secondary N) is 1. The van der Waals surface area contributed by atoms with Crippen molar-refractivity contribution in [3.8, 4) is 11.1 Å². The molecule has 1 aromatic heterocycles. The second kappa shape index (κ2) is 9.77. The number of anilines is 1. The van der Waals surface area contributed by atoms with Crippen molar-refractivity contribution in [2.24, 2.45) is 5.16 Å². The molecule has 0 saturated carbocycles. The normalized spacial score (nSPS) is 16.4. The summed E-state index contributed by atoms with van der Waals surface area (Å²) in [6, 6.07) is 26.0. The quantitative estimate of drug-likeness (QED) is 0.432. The summed E-state index contributed by atoms with van der Waals surface area (Å²) in [6.07, 6.45) is 2.04. The average Bonchev–Trinajstić information content (AvgIpc) is 3.33. The second-order valence-corrected chi connectivity index (χ2v) is 8.34. The fourth-order valence-corrected chi connectivity index (χ4v) is 4.33. The molecule has 1 unspecified atom stereocenters. The second-order valence-electron chi connectivity index (χ2n) is 8.34. The molecule has 0 aliphatic carbocycles. The number of hydrogen-bond acceptors (Lipinski definition) is 5. The molecule has 1 atom stereocenters. The van der Waals surface area contributed by atoms with E-state index in [0.29, 0.717) is 23.4 Å². The smallest absolute Gasteiger partial charge is 0.254 e. The zero-order chi connectivity index (χ0) is 24.2.